The van der Waals surface area contributed by atoms with E-state index >= 15 is 0 Å². The number of alkyl halides is 3. The lowest BCUT2D eigenvalue weighted by molar-refractivity contribution is -0.140. The molecule has 34 heavy (non-hydrogen) atoms. The van der Waals surface area contributed by atoms with Crippen LogP contribution < -0.4 is 10.2 Å². The largest absolute Gasteiger partial charge is 0.462 e. The van der Waals surface area contributed by atoms with Crippen molar-refractivity contribution in [2.75, 3.05) is 29.9 Å². The number of hydrogen-bond donors (Lipinski definition) is 1. The van der Waals surface area contributed by atoms with Crippen LogP contribution in [0, 0.1) is 5.92 Å². The molecule has 1 atom stereocenters. The minimum Gasteiger partial charge on any atom is -0.462 e. The third-order valence-corrected chi connectivity index (χ3v) is 5.55. The van der Waals surface area contributed by atoms with Crippen LogP contribution in [-0.2, 0) is 15.7 Å². The molecule has 4 rings (SSSR count). The third kappa shape index (κ3) is 5.11. The van der Waals surface area contributed by atoms with Gasteiger partial charge in [-0.05, 0) is 50.1 Å². The zero-order valence-corrected chi connectivity index (χ0v) is 18.4. The van der Waals surface area contributed by atoms with Crippen LogP contribution in [0.4, 0.5) is 24.7 Å². The van der Waals surface area contributed by atoms with Gasteiger partial charge in [-0.15, -0.1) is 0 Å². The maximum Gasteiger partial charge on any atom is 0.437 e. The number of anilines is 2. The Hall–Kier alpha value is -3.69. The molecule has 0 saturated carbocycles. The number of aromatic nitrogens is 2. The third-order valence-electron chi connectivity index (χ3n) is 5.55. The van der Waals surface area contributed by atoms with Gasteiger partial charge in [-0.2, -0.15) is 13.2 Å². The normalized spacial score (nSPS) is 16.4. The number of para-hydroxylation sites is 2. The highest BCUT2D eigenvalue weighted by atomic mass is 19.4. The second-order valence-electron chi connectivity index (χ2n) is 7.96. The quantitative estimate of drug-likeness (QED) is 0.543. The lowest BCUT2D eigenvalue weighted by Crippen LogP contribution is -2.42. The maximum absolute atomic E-state index is 13.8. The molecule has 1 aliphatic heterocycles. The zero-order chi connectivity index (χ0) is 24.3. The first kappa shape index (κ1) is 23.5. The molecule has 1 aliphatic rings. The molecule has 10 heteroatoms. The van der Waals surface area contributed by atoms with E-state index in [1.807, 2.05) is 0 Å². The van der Waals surface area contributed by atoms with Gasteiger partial charge in [0.05, 0.1) is 29.1 Å². The van der Waals surface area contributed by atoms with Crippen LogP contribution in [0.5, 0.6) is 0 Å². The van der Waals surface area contributed by atoms with Crippen molar-refractivity contribution in [3.05, 3.63) is 59.8 Å². The Morgan fingerprint density at radius 2 is 1.85 bits per heavy atom. The summed E-state index contributed by atoms with van der Waals surface area (Å²) in [5.41, 5.74) is 0.161. The Kier molecular flexibility index (Phi) is 6.67. The molecule has 1 fully saturated rings. The average molecular weight is 472 g/mol. The summed E-state index contributed by atoms with van der Waals surface area (Å²) in [4.78, 5) is 34.4. The number of ether oxygens (including phenoxy) is 1. The number of nitrogens with zero attached hydrogens (tertiary/aromatic N) is 3. The predicted octanol–water partition coefficient (Wildman–Crippen LogP) is 4.68. The van der Waals surface area contributed by atoms with Crippen molar-refractivity contribution in [2.45, 2.75) is 25.9 Å². The molecule has 178 valence electrons. The summed E-state index contributed by atoms with van der Waals surface area (Å²) in [5, 5.41) is 2.76. The number of amides is 1. The molecule has 0 bridgehead atoms. The lowest BCUT2D eigenvalue weighted by atomic mass is 9.96. The number of carbonyl (C=O) groups excluding carboxylic acids is 2. The van der Waals surface area contributed by atoms with Gasteiger partial charge >= 0.3 is 12.1 Å². The van der Waals surface area contributed by atoms with Crippen LogP contribution in [0.25, 0.3) is 11.0 Å². The van der Waals surface area contributed by atoms with E-state index in [0.717, 1.165) is 0 Å². The van der Waals surface area contributed by atoms with Crippen LogP contribution in [0.15, 0.2) is 48.5 Å². The predicted molar refractivity (Wildman–Crippen MR) is 121 cm³/mol. The second-order valence-corrected chi connectivity index (χ2v) is 7.96. The van der Waals surface area contributed by atoms with Gasteiger partial charge in [0.15, 0.2) is 11.5 Å². The standard InChI is InChI=1S/C24H23F3N4O3/c1-2-34-23(33)15-7-5-9-17(13-15)28-22(32)16-8-6-12-31(14-16)21-20(24(25,26)27)29-18-10-3-4-11-19(18)30-21/h3-5,7,9-11,13,16H,2,6,8,12,14H2,1H3,(H,28,32)/t16-/m1/s1. The summed E-state index contributed by atoms with van der Waals surface area (Å²) in [6, 6.07) is 12.7. The number of fused-ring (bicyclic) bond motifs is 1. The first-order valence-electron chi connectivity index (χ1n) is 10.9. The summed E-state index contributed by atoms with van der Waals surface area (Å²) in [5.74, 6) is -1.67. The Labute approximate surface area is 193 Å². The van der Waals surface area contributed by atoms with Gasteiger partial charge in [0.2, 0.25) is 5.91 Å². The minimum absolute atomic E-state index is 0.0689. The first-order valence-corrected chi connectivity index (χ1v) is 10.9. The minimum atomic E-state index is -4.69. The van der Waals surface area contributed by atoms with Gasteiger partial charge in [0.25, 0.3) is 0 Å². The topological polar surface area (TPSA) is 84.4 Å². The molecule has 1 aromatic heterocycles. The van der Waals surface area contributed by atoms with E-state index in [9.17, 15) is 22.8 Å². The number of esters is 1. The number of hydrogen-bond acceptors (Lipinski definition) is 6. The SMILES string of the molecule is CCOC(=O)c1cccc(NC(=O)[C@@H]2CCCN(c3nc4ccccc4nc3C(F)(F)F)C2)c1. The Morgan fingerprint density at radius 3 is 2.56 bits per heavy atom. The maximum atomic E-state index is 13.8. The number of piperidine rings is 1. The van der Waals surface area contributed by atoms with Gasteiger partial charge in [-0.1, -0.05) is 18.2 Å². The second kappa shape index (κ2) is 9.66. The molecule has 3 aromatic rings. The summed E-state index contributed by atoms with van der Waals surface area (Å²) < 4.78 is 46.3. The summed E-state index contributed by atoms with van der Waals surface area (Å²) >= 11 is 0. The van der Waals surface area contributed by atoms with E-state index in [1.54, 1.807) is 43.3 Å². The van der Waals surface area contributed by atoms with Crippen LogP contribution in [0.3, 0.4) is 0 Å². The van der Waals surface area contributed by atoms with Gasteiger partial charge < -0.3 is 15.0 Å². The number of rotatable bonds is 5. The van der Waals surface area contributed by atoms with Crippen LogP contribution in [0.1, 0.15) is 35.8 Å². The molecule has 2 heterocycles. The fraction of sp³-hybridized carbons (Fsp3) is 0.333. The van der Waals surface area contributed by atoms with Crippen molar-refractivity contribution < 1.29 is 27.5 Å². The van der Waals surface area contributed by atoms with E-state index in [0.29, 0.717) is 36.2 Å². The van der Waals surface area contributed by atoms with E-state index in [-0.39, 0.29) is 30.4 Å². The Morgan fingerprint density at radius 1 is 1.12 bits per heavy atom. The number of nitrogens with one attached hydrogen (secondary N) is 1. The smallest absolute Gasteiger partial charge is 0.437 e. The molecule has 2 aromatic carbocycles. The molecular formula is C24H23F3N4O3. The fourth-order valence-electron chi connectivity index (χ4n) is 3.97. The molecule has 0 aliphatic carbocycles. The molecule has 0 radical (unpaired) electrons. The molecule has 0 unspecified atom stereocenters. The molecule has 7 nitrogen and oxygen atoms in total. The van der Waals surface area contributed by atoms with Gasteiger partial charge in [0.1, 0.15) is 0 Å². The van der Waals surface area contributed by atoms with Crippen LogP contribution in [-0.4, -0.2) is 41.5 Å². The van der Waals surface area contributed by atoms with E-state index in [1.165, 1.54) is 17.0 Å². The highest BCUT2D eigenvalue weighted by Gasteiger charge is 2.40. The van der Waals surface area contributed by atoms with Crippen molar-refractivity contribution in [2.24, 2.45) is 5.92 Å². The van der Waals surface area contributed by atoms with Crippen molar-refractivity contribution in [1.29, 1.82) is 0 Å². The summed E-state index contributed by atoms with van der Waals surface area (Å²) in [6.07, 6.45) is -3.65. The van der Waals surface area contributed by atoms with Gasteiger partial charge in [0, 0.05) is 18.8 Å². The molecule has 1 amide bonds. The summed E-state index contributed by atoms with van der Waals surface area (Å²) in [6.45, 7) is 2.32. The van der Waals surface area contributed by atoms with Crippen molar-refractivity contribution in [3.63, 3.8) is 0 Å². The van der Waals surface area contributed by atoms with Crippen molar-refractivity contribution >= 4 is 34.4 Å². The first-order chi connectivity index (χ1) is 16.3. The van der Waals surface area contributed by atoms with Gasteiger partial charge in [-0.3, -0.25) is 4.79 Å². The van der Waals surface area contributed by atoms with E-state index < -0.39 is 23.8 Å². The number of benzene rings is 2. The lowest BCUT2D eigenvalue weighted by Gasteiger charge is -2.34. The van der Waals surface area contributed by atoms with Crippen molar-refractivity contribution in [1.82, 2.24) is 9.97 Å². The van der Waals surface area contributed by atoms with Crippen LogP contribution >= 0.6 is 0 Å². The highest BCUT2D eigenvalue weighted by Crippen LogP contribution is 2.36. The Balaban J connectivity index is 1.55. The zero-order valence-electron chi connectivity index (χ0n) is 18.4. The number of carbonyl (C=O) groups is 2. The summed E-state index contributed by atoms with van der Waals surface area (Å²) in [7, 11) is 0. The highest BCUT2D eigenvalue weighted by molar-refractivity contribution is 5.95. The number of halogens is 3. The molecule has 1 saturated heterocycles. The Bertz CT molecular complexity index is 1220. The monoisotopic (exact) mass is 472 g/mol. The van der Waals surface area contributed by atoms with E-state index in [4.69, 9.17) is 4.74 Å². The fourth-order valence-corrected chi connectivity index (χ4v) is 3.97. The van der Waals surface area contributed by atoms with Crippen molar-refractivity contribution in [3.8, 4) is 0 Å². The average Bonchev–Trinajstić information content (AvgIpc) is 2.83. The molecule has 1 N–H and O–H groups in total. The van der Waals surface area contributed by atoms with Gasteiger partial charge in [-0.25, -0.2) is 14.8 Å². The molecular weight excluding hydrogens is 449 g/mol. The molecule has 0 spiro atoms. The van der Waals surface area contributed by atoms with Crippen LogP contribution in [0.2, 0.25) is 0 Å². The van der Waals surface area contributed by atoms with E-state index in [2.05, 4.69) is 15.3 Å².